The average molecular weight is 501 g/mol. The Morgan fingerprint density at radius 3 is 2.31 bits per heavy atom. The number of hydrogen-bond acceptors (Lipinski definition) is 5. The molecule has 0 radical (unpaired) electrons. The third kappa shape index (κ3) is 9.21. The summed E-state index contributed by atoms with van der Waals surface area (Å²) in [6, 6.07) is 8.55. The molecule has 2 fully saturated rings. The Balaban J connectivity index is 1.34. The van der Waals surface area contributed by atoms with Gasteiger partial charge in [0, 0.05) is 58.5 Å². The number of carbonyl (C=O) groups is 3. The number of piperazine rings is 1. The van der Waals surface area contributed by atoms with Gasteiger partial charge in [0.25, 0.3) is 0 Å². The smallest absolute Gasteiger partial charge is 0.246 e. The van der Waals surface area contributed by atoms with E-state index in [1.165, 1.54) is 24.0 Å². The molecule has 1 saturated carbocycles. The van der Waals surface area contributed by atoms with Gasteiger partial charge in [-0.1, -0.05) is 56.5 Å². The number of nitrogens with one attached hydrogen (secondary N) is 1. The molecule has 0 atom stereocenters. The Kier molecular flexibility index (Phi) is 10.3. The summed E-state index contributed by atoms with van der Waals surface area (Å²) in [5.41, 5.74) is 1.95. The minimum absolute atomic E-state index is 0.0417. The van der Waals surface area contributed by atoms with E-state index in [4.69, 9.17) is 0 Å². The summed E-state index contributed by atoms with van der Waals surface area (Å²) in [6.07, 6.45) is 5.02. The number of hydroxylamine groups is 2. The number of hydrogen-bond donors (Lipinski definition) is 2. The van der Waals surface area contributed by atoms with Crippen LogP contribution in [0, 0.1) is 18.3 Å². The molecule has 0 bridgehead atoms. The van der Waals surface area contributed by atoms with Crippen LogP contribution in [0.2, 0.25) is 0 Å². The van der Waals surface area contributed by atoms with E-state index in [0.29, 0.717) is 30.6 Å². The van der Waals surface area contributed by atoms with E-state index in [0.717, 1.165) is 32.5 Å². The van der Waals surface area contributed by atoms with Crippen LogP contribution in [0.15, 0.2) is 24.3 Å². The summed E-state index contributed by atoms with van der Waals surface area (Å²) in [5.74, 6) is -0.0495. The highest BCUT2D eigenvalue weighted by Gasteiger charge is 2.30. The summed E-state index contributed by atoms with van der Waals surface area (Å²) in [7, 11) is 0. The Bertz CT molecular complexity index is 872. The molecule has 1 aromatic rings. The van der Waals surface area contributed by atoms with Gasteiger partial charge in [0.1, 0.15) is 0 Å². The quantitative estimate of drug-likeness (QED) is 0.359. The molecule has 1 heterocycles. The van der Waals surface area contributed by atoms with Gasteiger partial charge in [0.2, 0.25) is 17.7 Å². The molecule has 3 amide bonds. The lowest BCUT2D eigenvalue weighted by atomic mass is 9.88. The first-order valence-corrected chi connectivity index (χ1v) is 13.4. The maximum absolute atomic E-state index is 12.9. The molecule has 1 aliphatic carbocycles. The zero-order valence-electron chi connectivity index (χ0n) is 22.3. The molecular formula is C28H44N4O4. The fourth-order valence-electron chi connectivity index (χ4n) is 5.09. The number of amides is 3. The van der Waals surface area contributed by atoms with Crippen LogP contribution < -0.4 is 5.32 Å². The van der Waals surface area contributed by atoms with E-state index in [1.54, 1.807) is 0 Å². The van der Waals surface area contributed by atoms with Gasteiger partial charge in [-0.05, 0) is 36.7 Å². The van der Waals surface area contributed by atoms with Gasteiger partial charge in [-0.3, -0.25) is 24.5 Å². The number of benzene rings is 1. The van der Waals surface area contributed by atoms with Crippen molar-refractivity contribution in [3.8, 4) is 0 Å². The highest BCUT2D eigenvalue weighted by atomic mass is 16.5. The van der Waals surface area contributed by atoms with Crippen LogP contribution in [0.1, 0.15) is 69.9 Å². The molecule has 3 rings (SSSR count). The summed E-state index contributed by atoms with van der Waals surface area (Å²) >= 11 is 0. The van der Waals surface area contributed by atoms with Gasteiger partial charge in [0.05, 0.1) is 6.54 Å². The fraction of sp³-hybridized carbons (Fsp3) is 0.679. The number of nitrogens with zero attached hydrogens (tertiary/aromatic N) is 3. The second-order valence-electron chi connectivity index (χ2n) is 11.4. The average Bonchev–Trinajstić information content (AvgIpc) is 3.36. The van der Waals surface area contributed by atoms with E-state index < -0.39 is 11.3 Å². The lowest BCUT2D eigenvalue weighted by Crippen LogP contribution is -2.49. The molecule has 1 aromatic carbocycles. The molecule has 0 spiro atoms. The molecule has 1 aliphatic heterocycles. The van der Waals surface area contributed by atoms with E-state index in [-0.39, 0.29) is 37.6 Å². The topological polar surface area (TPSA) is 93.2 Å². The molecule has 1 saturated heterocycles. The minimum Gasteiger partial charge on any atom is -0.356 e. The Morgan fingerprint density at radius 1 is 1.03 bits per heavy atom. The maximum atomic E-state index is 12.9. The summed E-state index contributed by atoms with van der Waals surface area (Å²) in [6.45, 7) is 10.5. The van der Waals surface area contributed by atoms with Crippen LogP contribution in [0.3, 0.4) is 0 Å². The fourth-order valence-corrected chi connectivity index (χ4v) is 5.09. The van der Waals surface area contributed by atoms with Crippen LogP contribution in [0.5, 0.6) is 0 Å². The van der Waals surface area contributed by atoms with Gasteiger partial charge in [-0.15, -0.1) is 0 Å². The van der Waals surface area contributed by atoms with Gasteiger partial charge in [-0.2, -0.15) is 0 Å². The van der Waals surface area contributed by atoms with Crippen molar-refractivity contribution in [2.45, 2.75) is 72.3 Å². The first kappa shape index (κ1) is 28.1. The summed E-state index contributed by atoms with van der Waals surface area (Å²) in [5, 5.41) is 13.9. The zero-order chi connectivity index (χ0) is 26.1. The van der Waals surface area contributed by atoms with Crippen molar-refractivity contribution in [1.29, 1.82) is 0 Å². The first-order valence-electron chi connectivity index (χ1n) is 13.4. The van der Waals surface area contributed by atoms with Crippen molar-refractivity contribution in [2.75, 3.05) is 39.3 Å². The third-order valence-corrected chi connectivity index (χ3v) is 7.38. The molecule has 200 valence electrons. The van der Waals surface area contributed by atoms with Crippen LogP contribution in [-0.4, -0.2) is 77.1 Å². The van der Waals surface area contributed by atoms with Crippen molar-refractivity contribution >= 4 is 17.7 Å². The Morgan fingerprint density at radius 2 is 1.67 bits per heavy atom. The molecule has 0 unspecified atom stereocenters. The highest BCUT2D eigenvalue weighted by molar-refractivity contribution is 5.83. The monoisotopic (exact) mass is 500 g/mol. The predicted molar refractivity (Wildman–Crippen MR) is 139 cm³/mol. The number of carbonyl (C=O) groups excluding carboxylic acids is 3. The number of aryl methyl sites for hydroxylation is 1. The van der Waals surface area contributed by atoms with Crippen LogP contribution in [0.25, 0.3) is 0 Å². The Labute approximate surface area is 216 Å². The van der Waals surface area contributed by atoms with E-state index in [1.807, 2.05) is 18.7 Å². The summed E-state index contributed by atoms with van der Waals surface area (Å²) < 4.78 is 0. The second kappa shape index (κ2) is 13.2. The van der Waals surface area contributed by atoms with E-state index in [2.05, 4.69) is 41.4 Å². The second-order valence-corrected chi connectivity index (χ2v) is 11.4. The lowest BCUT2D eigenvalue weighted by Gasteiger charge is -2.37. The third-order valence-electron chi connectivity index (χ3n) is 7.38. The van der Waals surface area contributed by atoms with Gasteiger partial charge in [-0.25, -0.2) is 5.06 Å². The lowest BCUT2D eigenvalue weighted by molar-refractivity contribution is -0.172. The van der Waals surface area contributed by atoms with Crippen LogP contribution in [0.4, 0.5) is 0 Å². The van der Waals surface area contributed by atoms with Crippen molar-refractivity contribution in [2.24, 2.45) is 11.3 Å². The van der Waals surface area contributed by atoms with Crippen LogP contribution in [-0.2, 0) is 20.9 Å². The predicted octanol–water partition coefficient (Wildman–Crippen LogP) is 3.36. The van der Waals surface area contributed by atoms with Gasteiger partial charge in [0.15, 0.2) is 0 Å². The molecule has 8 heteroatoms. The largest absolute Gasteiger partial charge is 0.356 e. The number of rotatable bonds is 11. The molecule has 0 aromatic heterocycles. The van der Waals surface area contributed by atoms with Gasteiger partial charge >= 0.3 is 0 Å². The van der Waals surface area contributed by atoms with E-state index in [9.17, 15) is 19.6 Å². The molecular weight excluding hydrogens is 456 g/mol. The molecule has 36 heavy (non-hydrogen) atoms. The van der Waals surface area contributed by atoms with Crippen molar-refractivity contribution in [3.05, 3.63) is 35.4 Å². The van der Waals surface area contributed by atoms with Crippen LogP contribution >= 0.6 is 0 Å². The zero-order valence-corrected chi connectivity index (χ0v) is 22.3. The van der Waals surface area contributed by atoms with Crippen molar-refractivity contribution < 1.29 is 19.6 Å². The first-order chi connectivity index (χ1) is 17.1. The standard InChI is InChI=1S/C28H44N4O4/c1-22-8-10-24(11-9-22)20-30-14-16-31(17-15-30)27(35)18-28(2,3)21-32(36)26(34)13-12-25(33)29-19-23-6-4-5-7-23/h8-11,23,36H,4-7,12-21H2,1-3H3,(H,29,33). The summed E-state index contributed by atoms with van der Waals surface area (Å²) in [4.78, 5) is 41.6. The molecule has 2 N–H and O–H groups in total. The van der Waals surface area contributed by atoms with Gasteiger partial charge < -0.3 is 10.2 Å². The van der Waals surface area contributed by atoms with Crippen molar-refractivity contribution in [1.82, 2.24) is 20.2 Å². The van der Waals surface area contributed by atoms with E-state index >= 15 is 0 Å². The maximum Gasteiger partial charge on any atom is 0.246 e. The SMILES string of the molecule is Cc1ccc(CN2CCN(C(=O)CC(C)(C)CN(O)C(=O)CCC(=O)NCC3CCCC3)CC2)cc1. The molecule has 8 nitrogen and oxygen atoms in total. The molecule has 2 aliphatic rings. The normalized spacial score (nSPS) is 17.3. The highest BCUT2D eigenvalue weighted by Crippen LogP contribution is 2.25. The Hall–Kier alpha value is -2.45. The van der Waals surface area contributed by atoms with Crippen molar-refractivity contribution in [3.63, 3.8) is 0 Å². The minimum atomic E-state index is -0.578.